The minimum absolute atomic E-state index is 0.607. The van der Waals surface area contributed by atoms with Crippen molar-refractivity contribution in [1.29, 1.82) is 0 Å². The molecule has 1 heterocycles. The molecule has 0 aliphatic rings. The number of aromatic nitrogens is 1. The number of pyridine rings is 1. The van der Waals surface area contributed by atoms with Crippen molar-refractivity contribution in [2.45, 2.75) is 0 Å². The Kier molecular flexibility index (Phi) is 2.18. The Morgan fingerprint density at radius 3 is 2.71 bits per heavy atom. The Morgan fingerprint density at radius 1 is 1.00 bits per heavy atom. The van der Waals surface area contributed by atoms with E-state index in [9.17, 15) is 4.79 Å². The summed E-state index contributed by atoms with van der Waals surface area (Å²) in [7, 11) is 0. The molecule has 1 aromatic heterocycles. The highest BCUT2D eigenvalue weighted by Crippen LogP contribution is 2.27. The van der Waals surface area contributed by atoms with Crippen LogP contribution in [0.1, 0.15) is 0 Å². The van der Waals surface area contributed by atoms with E-state index in [1.165, 1.54) is 0 Å². The zero-order chi connectivity index (χ0) is 11.7. The number of isocyanates is 1. The Morgan fingerprint density at radius 2 is 1.82 bits per heavy atom. The summed E-state index contributed by atoms with van der Waals surface area (Å²) < 4.78 is 0. The molecule has 2 aromatic carbocycles. The number of para-hydroxylation sites is 1. The van der Waals surface area contributed by atoms with E-state index in [4.69, 9.17) is 0 Å². The molecule has 17 heavy (non-hydrogen) atoms. The number of nitrogens with zero attached hydrogens (tertiary/aromatic N) is 2. The molecule has 0 amide bonds. The van der Waals surface area contributed by atoms with Crippen LogP contribution >= 0.6 is 0 Å². The van der Waals surface area contributed by atoms with Crippen molar-refractivity contribution in [2.24, 2.45) is 4.99 Å². The first-order valence-corrected chi connectivity index (χ1v) is 5.25. The summed E-state index contributed by atoms with van der Waals surface area (Å²) in [6.07, 6.45) is 1.57. The van der Waals surface area contributed by atoms with Gasteiger partial charge in [0.05, 0.1) is 16.7 Å². The molecular weight excluding hydrogens is 212 g/mol. The van der Waals surface area contributed by atoms with Gasteiger partial charge in [-0.3, -0.25) is 0 Å². The van der Waals surface area contributed by atoms with Gasteiger partial charge in [-0.2, -0.15) is 4.99 Å². The second kappa shape index (κ2) is 3.81. The minimum atomic E-state index is 0.607. The van der Waals surface area contributed by atoms with Crippen molar-refractivity contribution in [3.8, 4) is 0 Å². The molecule has 0 aliphatic heterocycles. The SMILES string of the molecule is O=C=Nc1cccc2nc3ccccc3cc12. The van der Waals surface area contributed by atoms with Gasteiger partial charge in [0.15, 0.2) is 0 Å². The van der Waals surface area contributed by atoms with Gasteiger partial charge in [0.1, 0.15) is 0 Å². The predicted octanol–water partition coefficient (Wildman–Crippen LogP) is 3.36. The van der Waals surface area contributed by atoms with Crippen LogP contribution in [0, 0.1) is 0 Å². The maximum absolute atomic E-state index is 10.4. The lowest BCUT2D eigenvalue weighted by molar-refractivity contribution is 0.565. The first-order valence-electron chi connectivity index (χ1n) is 5.25. The van der Waals surface area contributed by atoms with Crippen LogP contribution in [-0.4, -0.2) is 11.1 Å². The maximum Gasteiger partial charge on any atom is 0.240 e. The van der Waals surface area contributed by atoms with E-state index in [1.54, 1.807) is 12.1 Å². The van der Waals surface area contributed by atoms with Crippen molar-refractivity contribution in [2.75, 3.05) is 0 Å². The van der Waals surface area contributed by atoms with Gasteiger partial charge in [0, 0.05) is 10.8 Å². The molecule has 3 nitrogen and oxygen atoms in total. The molecule has 0 atom stereocenters. The number of aliphatic imine (C=N–C) groups is 1. The molecular formula is C14H8N2O. The molecule has 3 aromatic rings. The molecule has 3 rings (SSSR count). The van der Waals surface area contributed by atoms with E-state index >= 15 is 0 Å². The van der Waals surface area contributed by atoms with Gasteiger partial charge < -0.3 is 0 Å². The van der Waals surface area contributed by atoms with Crippen molar-refractivity contribution < 1.29 is 4.79 Å². The Hall–Kier alpha value is -2.51. The molecule has 0 saturated heterocycles. The van der Waals surface area contributed by atoms with E-state index in [1.807, 2.05) is 42.5 Å². The first-order chi connectivity index (χ1) is 8.38. The molecule has 0 radical (unpaired) electrons. The number of fused-ring (bicyclic) bond motifs is 2. The topological polar surface area (TPSA) is 42.3 Å². The van der Waals surface area contributed by atoms with Gasteiger partial charge in [-0.25, -0.2) is 9.78 Å². The highest BCUT2D eigenvalue weighted by Gasteiger charge is 2.03. The van der Waals surface area contributed by atoms with Gasteiger partial charge in [0.2, 0.25) is 6.08 Å². The van der Waals surface area contributed by atoms with Crippen LogP contribution in [0.15, 0.2) is 53.5 Å². The molecule has 3 heteroatoms. The molecule has 0 fully saturated rings. The van der Waals surface area contributed by atoms with Gasteiger partial charge in [-0.05, 0) is 24.3 Å². The van der Waals surface area contributed by atoms with E-state index in [2.05, 4.69) is 9.98 Å². The van der Waals surface area contributed by atoms with Gasteiger partial charge in [-0.15, -0.1) is 0 Å². The van der Waals surface area contributed by atoms with E-state index < -0.39 is 0 Å². The molecule has 0 spiro atoms. The summed E-state index contributed by atoms with van der Waals surface area (Å²) in [5, 5.41) is 1.91. The second-order valence-corrected chi connectivity index (χ2v) is 3.73. The lowest BCUT2D eigenvalue weighted by Crippen LogP contribution is -1.82. The number of rotatable bonds is 1. The lowest BCUT2D eigenvalue weighted by Gasteiger charge is -2.02. The fourth-order valence-corrected chi connectivity index (χ4v) is 1.93. The molecule has 0 unspecified atom stereocenters. The Labute approximate surface area is 97.4 Å². The average molecular weight is 220 g/mol. The maximum atomic E-state index is 10.4. The predicted molar refractivity (Wildman–Crippen MR) is 67.0 cm³/mol. The Bertz CT molecular complexity index is 758. The van der Waals surface area contributed by atoms with Crippen LogP contribution in [0.5, 0.6) is 0 Å². The molecule has 0 saturated carbocycles. The smallest absolute Gasteiger partial charge is 0.240 e. The van der Waals surface area contributed by atoms with Crippen molar-refractivity contribution in [3.63, 3.8) is 0 Å². The fourth-order valence-electron chi connectivity index (χ4n) is 1.93. The van der Waals surface area contributed by atoms with Gasteiger partial charge in [-0.1, -0.05) is 24.3 Å². The number of benzene rings is 2. The molecule has 0 N–H and O–H groups in total. The summed E-state index contributed by atoms with van der Waals surface area (Å²) in [6.45, 7) is 0. The standard InChI is InChI=1S/C14H8N2O/c17-9-15-13-6-3-7-14-11(13)8-10-4-1-2-5-12(10)16-14/h1-8H. The van der Waals surface area contributed by atoms with Gasteiger partial charge in [0.25, 0.3) is 0 Å². The fraction of sp³-hybridized carbons (Fsp3) is 0. The second-order valence-electron chi connectivity index (χ2n) is 3.73. The third-order valence-corrected chi connectivity index (χ3v) is 2.70. The van der Waals surface area contributed by atoms with Crippen LogP contribution in [-0.2, 0) is 4.79 Å². The van der Waals surface area contributed by atoms with Gasteiger partial charge >= 0.3 is 0 Å². The molecule has 0 bridgehead atoms. The van der Waals surface area contributed by atoms with E-state index in [-0.39, 0.29) is 0 Å². The summed E-state index contributed by atoms with van der Waals surface area (Å²) in [4.78, 5) is 18.6. The zero-order valence-electron chi connectivity index (χ0n) is 8.92. The lowest BCUT2D eigenvalue weighted by atomic mass is 10.1. The van der Waals surface area contributed by atoms with E-state index in [0.29, 0.717) is 5.69 Å². The molecule has 0 aliphatic carbocycles. The highest BCUT2D eigenvalue weighted by molar-refractivity contribution is 5.98. The highest BCUT2D eigenvalue weighted by atomic mass is 16.1. The number of carbonyl (C=O) groups excluding carboxylic acids is 1. The third-order valence-electron chi connectivity index (χ3n) is 2.70. The van der Waals surface area contributed by atoms with Crippen LogP contribution in [0.3, 0.4) is 0 Å². The van der Waals surface area contributed by atoms with Crippen molar-refractivity contribution >= 4 is 33.6 Å². The monoisotopic (exact) mass is 220 g/mol. The summed E-state index contributed by atoms with van der Waals surface area (Å²) in [5.41, 5.74) is 2.38. The van der Waals surface area contributed by atoms with E-state index in [0.717, 1.165) is 21.8 Å². The molecule has 80 valence electrons. The summed E-state index contributed by atoms with van der Waals surface area (Å²) in [5.74, 6) is 0. The number of hydrogen-bond acceptors (Lipinski definition) is 3. The Balaban J connectivity index is 2.47. The van der Waals surface area contributed by atoms with Crippen LogP contribution in [0.4, 0.5) is 5.69 Å². The largest absolute Gasteiger partial charge is 0.248 e. The van der Waals surface area contributed by atoms with Crippen LogP contribution in [0.2, 0.25) is 0 Å². The normalized spacial score (nSPS) is 10.4. The van der Waals surface area contributed by atoms with Crippen LogP contribution in [0.25, 0.3) is 21.8 Å². The average Bonchev–Trinajstić information content (AvgIpc) is 2.37. The zero-order valence-corrected chi connectivity index (χ0v) is 8.92. The van der Waals surface area contributed by atoms with Crippen molar-refractivity contribution in [1.82, 2.24) is 4.98 Å². The first kappa shape index (κ1) is 9.70. The van der Waals surface area contributed by atoms with Crippen LogP contribution < -0.4 is 0 Å². The quantitative estimate of drug-likeness (QED) is 0.358. The number of hydrogen-bond donors (Lipinski definition) is 0. The summed E-state index contributed by atoms with van der Waals surface area (Å²) >= 11 is 0. The summed E-state index contributed by atoms with van der Waals surface area (Å²) in [6, 6.07) is 15.4. The van der Waals surface area contributed by atoms with Crippen molar-refractivity contribution in [3.05, 3.63) is 48.5 Å². The third kappa shape index (κ3) is 1.59. The minimum Gasteiger partial charge on any atom is -0.248 e.